The minimum Gasteiger partial charge on any atom is -0.493 e. The second-order valence-corrected chi connectivity index (χ2v) is 9.61. The standard InChI is InChI=1S/C26H30F4N4O3/c1-15(17-7-6-8-19(23(17)27)26(28,29)30)31-24-18-9-22(21(36-5)10-20(18)32-16(2)33-24)37-14-25(13-35-4)11-34(3)12-25/h6-10,15H,11-14H2,1-5H3,(H,31,32,33)/t15-/m1/s1. The van der Waals surface area contributed by atoms with Gasteiger partial charge >= 0.3 is 6.18 Å². The van der Waals surface area contributed by atoms with Crippen LogP contribution in [0.15, 0.2) is 30.3 Å². The van der Waals surface area contributed by atoms with Gasteiger partial charge in [0.25, 0.3) is 0 Å². The van der Waals surface area contributed by atoms with Crippen molar-refractivity contribution in [2.45, 2.75) is 26.1 Å². The molecule has 1 saturated heterocycles. The van der Waals surface area contributed by atoms with E-state index in [0.29, 0.717) is 47.3 Å². The van der Waals surface area contributed by atoms with E-state index in [1.165, 1.54) is 19.2 Å². The summed E-state index contributed by atoms with van der Waals surface area (Å²) in [5.74, 6) is 0.403. The van der Waals surface area contributed by atoms with Crippen molar-refractivity contribution in [2.24, 2.45) is 5.41 Å². The third kappa shape index (κ3) is 5.57. The van der Waals surface area contributed by atoms with Crippen LogP contribution in [0.3, 0.4) is 0 Å². The van der Waals surface area contributed by atoms with Gasteiger partial charge in [0.15, 0.2) is 11.5 Å². The molecule has 1 atom stereocenters. The van der Waals surface area contributed by atoms with Gasteiger partial charge in [-0.05, 0) is 33.0 Å². The summed E-state index contributed by atoms with van der Waals surface area (Å²) in [5.41, 5.74) is -1.04. The van der Waals surface area contributed by atoms with E-state index in [-0.39, 0.29) is 11.0 Å². The summed E-state index contributed by atoms with van der Waals surface area (Å²) in [6.45, 7) is 5.86. The number of benzene rings is 2. The van der Waals surface area contributed by atoms with E-state index in [9.17, 15) is 17.6 Å². The Kier molecular flexibility index (Phi) is 7.48. The summed E-state index contributed by atoms with van der Waals surface area (Å²) in [4.78, 5) is 11.1. The first-order valence-corrected chi connectivity index (χ1v) is 11.7. The lowest BCUT2D eigenvalue weighted by Gasteiger charge is -2.47. The zero-order chi connectivity index (χ0) is 27.0. The van der Waals surface area contributed by atoms with E-state index < -0.39 is 23.6 Å². The highest BCUT2D eigenvalue weighted by atomic mass is 19.4. The van der Waals surface area contributed by atoms with E-state index in [2.05, 4.69) is 20.2 Å². The highest BCUT2D eigenvalue weighted by Gasteiger charge is 2.42. The SMILES string of the molecule is COCC1(COc2cc3c(N[C@H](C)c4cccc(C(F)(F)F)c4F)nc(C)nc3cc2OC)CN(C)C1. The van der Waals surface area contributed by atoms with Crippen LogP contribution in [0.2, 0.25) is 0 Å². The Hall–Kier alpha value is -3.18. The van der Waals surface area contributed by atoms with Gasteiger partial charge in [-0.1, -0.05) is 12.1 Å². The van der Waals surface area contributed by atoms with Crippen molar-refractivity contribution in [1.82, 2.24) is 14.9 Å². The number of ether oxygens (including phenoxy) is 3. The predicted octanol–water partition coefficient (Wildman–Crippen LogP) is 5.23. The number of fused-ring (bicyclic) bond motifs is 1. The van der Waals surface area contributed by atoms with Gasteiger partial charge in [-0.3, -0.25) is 0 Å². The van der Waals surface area contributed by atoms with Crippen molar-refractivity contribution < 1.29 is 31.8 Å². The Bertz CT molecular complexity index is 1270. The number of alkyl halides is 3. The van der Waals surface area contributed by atoms with Gasteiger partial charge in [-0.25, -0.2) is 14.4 Å². The van der Waals surface area contributed by atoms with Crippen molar-refractivity contribution >= 4 is 16.7 Å². The number of aryl methyl sites for hydroxylation is 1. The Balaban J connectivity index is 1.67. The molecule has 1 aromatic heterocycles. The zero-order valence-electron chi connectivity index (χ0n) is 21.4. The molecule has 7 nitrogen and oxygen atoms in total. The van der Waals surface area contributed by atoms with E-state index in [0.717, 1.165) is 19.2 Å². The van der Waals surface area contributed by atoms with E-state index in [1.54, 1.807) is 33.1 Å². The van der Waals surface area contributed by atoms with Crippen LogP contribution in [0.5, 0.6) is 11.5 Å². The van der Waals surface area contributed by atoms with Crippen molar-refractivity contribution in [3.05, 3.63) is 53.1 Å². The Morgan fingerprint density at radius 3 is 2.46 bits per heavy atom. The predicted molar refractivity (Wildman–Crippen MR) is 132 cm³/mol. The molecule has 1 fully saturated rings. The third-order valence-electron chi connectivity index (χ3n) is 6.44. The summed E-state index contributed by atoms with van der Waals surface area (Å²) in [6, 6.07) is 5.86. The molecule has 4 rings (SSSR count). The summed E-state index contributed by atoms with van der Waals surface area (Å²) in [5, 5.41) is 3.63. The van der Waals surface area contributed by atoms with Crippen molar-refractivity contribution in [1.29, 1.82) is 0 Å². The molecule has 0 radical (unpaired) electrons. The lowest BCUT2D eigenvalue weighted by Crippen LogP contribution is -2.59. The van der Waals surface area contributed by atoms with Crippen molar-refractivity contribution in [2.75, 3.05) is 52.9 Å². The molecule has 1 aliphatic heterocycles. The van der Waals surface area contributed by atoms with Crippen LogP contribution in [0.1, 0.15) is 29.9 Å². The first-order chi connectivity index (χ1) is 17.5. The molecule has 1 N–H and O–H groups in total. The van der Waals surface area contributed by atoms with E-state index in [4.69, 9.17) is 14.2 Å². The number of hydrogen-bond acceptors (Lipinski definition) is 7. The number of nitrogens with zero attached hydrogens (tertiary/aromatic N) is 3. The molecule has 2 heterocycles. The molecule has 0 bridgehead atoms. The summed E-state index contributed by atoms with van der Waals surface area (Å²) in [7, 11) is 5.21. The van der Waals surface area contributed by atoms with E-state index in [1.807, 2.05) is 7.05 Å². The number of nitrogens with one attached hydrogen (secondary N) is 1. The Labute approximate surface area is 212 Å². The fraction of sp³-hybridized carbons (Fsp3) is 0.462. The van der Waals surface area contributed by atoms with Gasteiger partial charge in [0, 0.05) is 37.2 Å². The topological polar surface area (TPSA) is 68.7 Å². The second-order valence-electron chi connectivity index (χ2n) is 9.61. The van der Waals surface area contributed by atoms with Gasteiger partial charge < -0.3 is 24.4 Å². The van der Waals surface area contributed by atoms with Crippen LogP contribution in [0.25, 0.3) is 10.9 Å². The highest BCUT2D eigenvalue weighted by Crippen LogP contribution is 2.39. The lowest BCUT2D eigenvalue weighted by atomic mass is 9.82. The van der Waals surface area contributed by atoms with Gasteiger partial charge in [0.2, 0.25) is 0 Å². The Morgan fingerprint density at radius 1 is 1.11 bits per heavy atom. The summed E-state index contributed by atoms with van der Waals surface area (Å²) in [6.07, 6.45) is -4.80. The van der Waals surface area contributed by atoms with Crippen molar-refractivity contribution in [3.63, 3.8) is 0 Å². The maximum Gasteiger partial charge on any atom is 0.419 e. The maximum atomic E-state index is 14.8. The van der Waals surface area contributed by atoms with Crippen LogP contribution in [-0.4, -0.2) is 62.4 Å². The van der Waals surface area contributed by atoms with Gasteiger partial charge in [0.05, 0.1) is 42.9 Å². The molecule has 11 heteroatoms. The number of aromatic nitrogens is 2. The minimum absolute atomic E-state index is 0.125. The van der Waals surface area contributed by atoms with Crippen LogP contribution in [0.4, 0.5) is 23.4 Å². The average Bonchev–Trinajstić information content (AvgIpc) is 2.80. The van der Waals surface area contributed by atoms with Gasteiger partial charge in [0.1, 0.15) is 17.5 Å². The molecular weight excluding hydrogens is 492 g/mol. The molecule has 0 saturated carbocycles. The first kappa shape index (κ1) is 26.9. The van der Waals surface area contributed by atoms with Gasteiger partial charge in [-0.2, -0.15) is 13.2 Å². The van der Waals surface area contributed by atoms with Crippen LogP contribution in [-0.2, 0) is 10.9 Å². The van der Waals surface area contributed by atoms with Crippen LogP contribution in [0, 0.1) is 18.2 Å². The number of likely N-dealkylation sites (tertiary alicyclic amines) is 1. The summed E-state index contributed by atoms with van der Waals surface area (Å²) < 4.78 is 71.6. The molecule has 3 aromatic rings. The number of halogens is 4. The number of hydrogen-bond donors (Lipinski definition) is 1. The average molecular weight is 523 g/mol. The minimum atomic E-state index is -4.80. The van der Waals surface area contributed by atoms with Gasteiger partial charge in [-0.15, -0.1) is 0 Å². The molecule has 37 heavy (non-hydrogen) atoms. The maximum absolute atomic E-state index is 14.8. The molecule has 0 spiro atoms. The first-order valence-electron chi connectivity index (χ1n) is 11.7. The second kappa shape index (κ2) is 10.3. The molecule has 0 aliphatic carbocycles. The normalized spacial score (nSPS) is 16.4. The fourth-order valence-corrected chi connectivity index (χ4v) is 4.88. The monoisotopic (exact) mass is 522 g/mol. The largest absolute Gasteiger partial charge is 0.493 e. The van der Waals surface area contributed by atoms with Crippen molar-refractivity contribution in [3.8, 4) is 11.5 Å². The third-order valence-corrected chi connectivity index (χ3v) is 6.44. The fourth-order valence-electron chi connectivity index (χ4n) is 4.88. The van der Waals surface area contributed by atoms with E-state index >= 15 is 0 Å². The molecule has 200 valence electrons. The molecule has 0 unspecified atom stereocenters. The zero-order valence-corrected chi connectivity index (χ0v) is 21.4. The number of rotatable bonds is 9. The van der Waals surface area contributed by atoms with Crippen LogP contribution >= 0.6 is 0 Å². The highest BCUT2D eigenvalue weighted by molar-refractivity contribution is 5.92. The smallest absolute Gasteiger partial charge is 0.419 e. The van der Waals surface area contributed by atoms with Crippen LogP contribution < -0.4 is 14.8 Å². The molecule has 0 amide bonds. The number of anilines is 1. The quantitative estimate of drug-likeness (QED) is 0.386. The summed E-state index contributed by atoms with van der Waals surface area (Å²) >= 11 is 0. The molecule has 2 aromatic carbocycles. The Morgan fingerprint density at radius 2 is 1.84 bits per heavy atom. The molecular formula is C26H30F4N4O3. The molecule has 1 aliphatic rings. The number of methoxy groups -OCH3 is 2. The lowest BCUT2D eigenvalue weighted by molar-refractivity contribution is -0.140.